The zero-order valence-electron chi connectivity index (χ0n) is 21.9. The highest BCUT2D eigenvalue weighted by Gasteiger charge is 2.12. The summed E-state index contributed by atoms with van der Waals surface area (Å²) in [5.41, 5.74) is 3.68. The molecule has 0 spiro atoms. The molecule has 0 aliphatic rings. The zero-order chi connectivity index (χ0) is 23.6. The molecule has 0 unspecified atom stereocenters. The maximum Gasteiger partial charge on any atom is 0.185 e. The molecule has 0 saturated carbocycles. The number of hydrogen-bond acceptors (Lipinski definition) is 3. The number of hydrogen-bond donors (Lipinski definition) is 0. The van der Waals surface area contributed by atoms with Crippen LogP contribution in [0.3, 0.4) is 0 Å². The second kappa shape index (κ2) is 18.0. The van der Waals surface area contributed by atoms with Crippen LogP contribution >= 0.6 is 11.3 Å². The van der Waals surface area contributed by atoms with Gasteiger partial charge in [0, 0.05) is 24.0 Å². The quantitative estimate of drug-likeness (QED) is 0.179. The molecular formula is C30H50N2S. The van der Waals surface area contributed by atoms with Crippen molar-refractivity contribution in [2.45, 2.75) is 124 Å². The van der Waals surface area contributed by atoms with Crippen LogP contribution in [0.1, 0.15) is 122 Å². The molecule has 1 aromatic carbocycles. The summed E-state index contributed by atoms with van der Waals surface area (Å²) in [6, 6.07) is 8.78. The van der Waals surface area contributed by atoms with Gasteiger partial charge >= 0.3 is 0 Å². The average Bonchev–Trinajstić information content (AvgIpc) is 3.31. The van der Waals surface area contributed by atoms with E-state index in [1.54, 1.807) is 0 Å². The monoisotopic (exact) mass is 470 g/mol. The molecule has 3 heteroatoms. The topological polar surface area (TPSA) is 16.1 Å². The van der Waals surface area contributed by atoms with Crippen molar-refractivity contribution in [3.05, 3.63) is 35.2 Å². The van der Waals surface area contributed by atoms with E-state index in [0.717, 1.165) is 18.8 Å². The first kappa shape index (κ1) is 27.9. The van der Waals surface area contributed by atoms with Crippen molar-refractivity contribution in [1.82, 2.24) is 4.98 Å². The largest absolute Gasteiger partial charge is 0.348 e. The minimum Gasteiger partial charge on any atom is -0.348 e. The fourth-order valence-corrected chi connectivity index (χ4v) is 5.33. The van der Waals surface area contributed by atoms with E-state index in [2.05, 4.69) is 55.3 Å². The van der Waals surface area contributed by atoms with Crippen molar-refractivity contribution in [2.75, 3.05) is 18.0 Å². The predicted molar refractivity (Wildman–Crippen MR) is 150 cm³/mol. The third-order valence-corrected chi connectivity index (χ3v) is 7.57. The minimum atomic E-state index is 1.13. The van der Waals surface area contributed by atoms with Gasteiger partial charge in [-0.15, -0.1) is 11.3 Å². The molecule has 0 atom stereocenters. The number of thiazole rings is 1. The number of aromatic nitrogens is 1. The first-order valence-electron chi connectivity index (χ1n) is 14.0. The lowest BCUT2D eigenvalue weighted by Crippen LogP contribution is -2.25. The molecule has 0 amide bonds. The zero-order valence-corrected chi connectivity index (χ0v) is 22.7. The molecule has 1 heterocycles. The molecule has 186 valence electrons. The summed E-state index contributed by atoms with van der Waals surface area (Å²) in [7, 11) is 0. The van der Waals surface area contributed by atoms with Crippen LogP contribution in [0, 0.1) is 6.92 Å². The highest BCUT2D eigenvalue weighted by molar-refractivity contribution is 7.14. The molecule has 0 aliphatic heterocycles. The third-order valence-electron chi connectivity index (χ3n) is 6.67. The maximum absolute atomic E-state index is 5.05. The Bertz CT molecular complexity index is 686. The highest BCUT2D eigenvalue weighted by Crippen LogP contribution is 2.28. The highest BCUT2D eigenvalue weighted by atomic mass is 32.1. The summed E-state index contributed by atoms with van der Waals surface area (Å²) in [4.78, 5) is 7.63. The molecule has 33 heavy (non-hydrogen) atoms. The van der Waals surface area contributed by atoms with Crippen LogP contribution in [-0.2, 0) is 0 Å². The Balaban J connectivity index is 1.80. The predicted octanol–water partition coefficient (Wildman–Crippen LogP) is 10.2. The van der Waals surface area contributed by atoms with E-state index >= 15 is 0 Å². The van der Waals surface area contributed by atoms with Crippen molar-refractivity contribution < 1.29 is 0 Å². The van der Waals surface area contributed by atoms with Crippen LogP contribution in [0.2, 0.25) is 0 Å². The minimum absolute atomic E-state index is 1.13. The van der Waals surface area contributed by atoms with Gasteiger partial charge in [0.05, 0.1) is 5.69 Å². The van der Waals surface area contributed by atoms with Gasteiger partial charge in [-0.05, 0) is 19.8 Å². The maximum atomic E-state index is 5.05. The smallest absolute Gasteiger partial charge is 0.185 e. The Kier molecular flexibility index (Phi) is 15.2. The van der Waals surface area contributed by atoms with Gasteiger partial charge in [0.2, 0.25) is 0 Å². The second-order valence-corrected chi connectivity index (χ2v) is 10.7. The Morgan fingerprint density at radius 1 is 0.636 bits per heavy atom. The van der Waals surface area contributed by atoms with Crippen molar-refractivity contribution in [3.8, 4) is 11.3 Å². The normalized spacial score (nSPS) is 11.2. The molecule has 0 radical (unpaired) electrons. The first-order valence-corrected chi connectivity index (χ1v) is 14.9. The van der Waals surface area contributed by atoms with Gasteiger partial charge in [0.25, 0.3) is 0 Å². The van der Waals surface area contributed by atoms with E-state index in [9.17, 15) is 0 Å². The Morgan fingerprint density at radius 2 is 1.09 bits per heavy atom. The molecule has 2 aromatic rings. The summed E-state index contributed by atoms with van der Waals surface area (Å²) >= 11 is 1.83. The van der Waals surface area contributed by atoms with Crippen LogP contribution in [-0.4, -0.2) is 18.1 Å². The Labute approximate surface area is 209 Å². The SMILES string of the molecule is CCCCCCCCCCN(CCCCCCCCCC)c1nc(-c2ccc(C)cc2)cs1. The van der Waals surface area contributed by atoms with E-state index in [4.69, 9.17) is 4.98 Å². The van der Waals surface area contributed by atoms with Gasteiger partial charge < -0.3 is 4.90 Å². The van der Waals surface area contributed by atoms with E-state index in [-0.39, 0.29) is 0 Å². The molecule has 2 nitrogen and oxygen atoms in total. The summed E-state index contributed by atoms with van der Waals surface area (Å²) in [6.45, 7) is 9.05. The van der Waals surface area contributed by atoms with E-state index in [0.29, 0.717) is 0 Å². The molecule has 0 bridgehead atoms. The van der Waals surface area contributed by atoms with Crippen molar-refractivity contribution in [2.24, 2.45) is 0 Å². The molecular weight excluding hydrogens is 420 g/mol. The lowest BCUT2D eigenvalue weighted by Gasteiger charge is -2.22. The third kappa shape index (κ3) is 12.1. The number of anilines is 1. The molecule has 0 aliphatic carbocycles. The summed E-state index contributed by atoms with van der Waals surface area (Å²) < 4.78 is 0. The standard InChI is InChI=1S/C30H50N2S/c1-4-6-8-10-12-14-16-18-24-32(25-19-17-15-13-11-9-7-5-2)30-31-29(26-33-30)28-22-20-27(3)21-23-28/h20-23,26H,4-19,24-25H2,1-3H3. The van der Waals surface area contributed by atoms with Gasteiger partial charge in [-0.25, -0.2) is 4.98 Å². The number of rotatable bonds is 20. The number of benzene rings is 1. The van der Waals surface area contributed by atoms with Crippen LogP contribution in [0.25, 0.3) is 11.3 Å². The summed E-state index contributed by atoms with van der Waals surface area (Å²) in [6.07, 6.45) is 22.1. The van der Waals surface area contributed by atoms with Crippen LogP contribution in [0.5, 0.6) is 0 Å². The fraction of sp³-hybridized carbons (Fsp3) is 0.700. The van der Waals surface area contributed by atoms with Gasteiger partial charge in [-0.3, -0.25) is 0 Å². The van der Waals surface area contributed by atoms with Crippen LogP contribution in [0.4, 0.5) is 5.13 Å². The number of nitrogens with zero attached hydrogens (tertiary/aromatic N) is 2. The molecule has 2 rings (SSSR count). The van der Waals surface area contributed by atoms with E-state index in [1.165, 1.54) is 119 Å². The van der Waals surface area contributed by atoms with Gasteiger partial charge in [-0.2, -0.15) is 0 Å². The van der Waals surface area contributed by atoms with Crippen molar-refractivity contribution in [1.29, 1.82) is 0 Å². The molecule has 0 saturated heterocycles. The first-order chi connectivity index (χ1) is 16.2. The lowest BCUT2D eigenvalue weighted by molar-refractivity contribution is 0.555. The van der Waals surface area contributed by atoms with Gasteiger partial charge in [-0.1, -0.05) is 134 Å². The lowest BCUT2D eigenvalue weighted by atomic mass is 10.1. The van der Waals surface area contributed by atoms with E-state index < -0.39 is 0 Å². The Hall–Kier alpha value is -1.35. The molecule has 1 aromatic heterocycles. The van der Waals surface area contributed by atoms with Gasteiger partial charge in [0.1, 0.15) is 0 Å². The molecule has 0 N–H and O–H groups in total. The van der Waals surface area contributed by atoms with Crippen molar-refractivity contribution >= 4 is 16.5 Å². The van der Waals surface area contributed by atoms with Gasteiger partial charge in [0.15, 0.2) is 5.13 Å². The molecule has 0 fully saturated rings. The number of aryl methyl sites for hydroxylation is 1. The fourth-order valence-electron chi connectivity index (χ4n) is 4.44. The summed E-state index contributed by atoms with van der Waals surface area (Å²) in [5, 5.41) is 3.46. The van der Waals surface area contributed by atoms with E-state index in [1.807, 2.05) is 11.3 Å². The summed E-state index contributed by atoms with van der Waals surface area (Å²) in [5.74, 6) is 0. The second-order valence-electron chi connectivity index (χ2n) is 9.82. The Morgan fingerprint density at radius 3 is 1.58 bits per heavy atom. The van der Waals surface area contributed by atoms with Crippen molar-refractivity contribution in [3.63, 3.8) is 0 Å². The number of unbranched alkanes of at least 4 members (excludes halogenated alkanes) is 14. The average molecular weight is 471 g/mol. The van der Waals surface area contributed by atoms with Crippen LogP contribution < -0.4 is 4.90 Å². The van der Waals surface area contributed by atoms with Crippen LogP contribution in [0.15, 0.2) is 29.6 Å².